The van der Waals surface area contributed by atoms with Gasteiger partial charge in [0.1, 0.15) is 0 Å². The highest BCUT2D eigenvalue weighted by Crippen LogP contribution is 2.27. The van der Waals surface area contributed by atoms with Gasteiger partial charge < -0.3 is 15.2 Å². The molecule has 2 rings (SSSR count). The fourth-order valence-electron chi connectivity index (χ4n) is 2.15. The lowest BCUT2D eigenvalue weighted by Gasteiger charge is -2.08. The summed E-state index contributed by atoms with van der Waals surface area (Å²) in [5, 5.41) is 12.6. The molecule has 0 spiro atoms. The van der Waals surface area contributed by atoms with E-state index in [1.807, 2.05) is 0 Å². The van der Waals surface area contributed by atoms with E-state index in [0.29, 0.717) is 24.9 Å². The summed E-state index contributed by atoms with van der Waals surface area (Å²) in [4.78, 5) is 27.5. The number of carbonyl (C=O) groups is 2. The van der Waals surface area contributed by atoms with Gasteiger partial charge in [0.15, 0.2) is 11.5 Å². The van der Waals surface area contributed by atoms with Gasteiger partial charge in [0, 0.05) is 25.4 Å². The second-order valence-electron chi connectivity index (χ2n) is 5.37. The number of benzene rings is 1. The maximum absolute atomic E-state index is 11.8. The monoisotopic (exact) mass is 340 g/mol. The Morgan fingerprint density at radius 3 is 2.84 bits per heavy atom. The second-order valence-corrected chi connectivity index (χ2v) is 5.37. The highest BCUT2D eigenvalue weighted by atomic mass is 16.5. The Morgan fingerprint density at radius 1 is 1.32 bits per heavy atom. The summed E-state index contributed by atoms with van der Waals surface area (Å²) in [5.41, 5.74) is 1.35. The molecule has 0 bridgehead atoms. The molecule has 1 aromatic carbocycles. The molecule has 0 aliphatic heterocycles. The Morgan fingerprint density at radius 2 is 2.16 bits per heavy atom. The summed E-state index contributed by atoms with van der Waals surface area (Å²) in [6, 6.07) is 8.20. The van der Waals surface area contributed by atoms with E-state index in [4.69, 9.17) is 4.74 Å². The summed E-state index contributed by atoms with van der Waals surface area (Å²) >= 11 is 0. The molecule has 130 valence electrons. The van der Waals surface area contributed by atoms with Crippen molar-refractivity contribution in [2.45, 2.75) is 19.3 Å². The van der Waals surface area contributed by atoms with Crippen molar-refractivity contribution >= 4 is 11.9 Å². The van der Waals surface area contributed by atoms with Crippen LogP contribution in [0.3, 0.4) is 0 Å². The predicted octanol–water partition coefficient (Wildman–Crippen LogP) is 2.63. The van der Waals surface area contributed by atoms with Gasteiger partial charge in [-0.05, 0) is 42.7 Å². The van der Waals surface area contributed by atoms with Crippen LogP contribution in [0.4, 0.5) is 0 Å². The molecule has 0 fully saturated rings. The summed E-state index contributed by atoms with van der Waals surface area (Å²) < 4.78 is 5.13. The van der Waals surface area contributed by atoms with Gasteiger partial charge in [-0.15, -0.1) is 6.58 Å². The summed E-state index contributed by atoms with van der Waals surface area (Å²) in [6.45, 7) is 3.97. The maximum Gasteiger partial charge on any atom is 0.311 e. The Balaban J connectivity index is 1.74. The average molecular weight is 340 g/mol. The van der Waals surface area contributed by atoms with Crippen molar-refractivity contribution in [2.24, 2.45) is 0 Å². The molecule has 0 aliphatic carbocycles. The maximum atomic E-state index is 11.8. The number of pyridine rings is 1. The molecule has 0 atom stereocenters. The molecule has 0 radical (unpaired) electrons. The number of amides is 1. The fourth-order valence-corrected chi connectivity index (χ4v) is 2.15. The second kappa shape index (κ2) is 9.22. The van der Waals surface area contributed by atoms with E-state index in [9.17, 15) is 14.7 Å². The number of carbonyl (C=O) groups excluding carboxylic acids is 2. The van der Waals surface area contributed by atoms with Crippen molar-refractivity contribution in [3.63, 3.8) is 0 Å². The fraction of sp³-hybridized carbons (Fsp3) is 0.211. The number of rotatable bonds is 8. The van der Waals surface area contributed by atoms with Crippen LogP contribution >= 0.6 is 0 Å². The molecule has 0 unspecified atom stereocenters. The van der Waals surface area contributed by atoms with Crippen molar-refractivity contribution in [1.82, 2.24) is 10.3 Å². The van der Waals surface area contributed by atoms with Crippen molar-refractivity contribution in [3.8, 4) is 11.5 Å². The van der Waals surface area contributed by atoms with E-state index >= 15 is 0 Å². The largest absolute Gasteiger partial charge is 0.504 e. The molecule has 0 aliphatic rings. The number of ether oxygens (including phenoxy) is 1. The van der Waals surface area contributed by atoms with Gasteiger partial charge in [-0.1, -0.05) is 12.1 Å². The molecule has 0 saturated heterocycles. The highest BCUT2D eigenvalue weighted by molar-refractivity contribution is 5.93. The number of phenols is 1. The van der Waals surface area contributed by atoms with Gasteiger partial charge in [-0.2, -0.15) is 0 Å². The molecule has 6 nitrogen and oxygen atoms in total. The predicted molar refractivity (Wildman–Crippen MR) is 93.4 cm³/mol. The molecular formula is C19H20N2O4. The molecule has 2 aromatic rings. The lowest BCUT2D eigenvalue weighted by molar-refractivity contribution is -0.134. The Kier molecular flexibility index (Phi) is 6.71. The first-order valence-corrected chi connectivity index (χ1v) is 7.92. The zero-order valence-corrected chi connectivity index (χ0v) is 13.8. The normalized spacial score (nSPS) is 10.1. The third kappa shape index (κ3) is 5.76. The molecule has 0 saturated carbocycles. The molecule has 25 heavy (non-hydrogen) atoms. The number of aromatic nitrogens is 1. The number of hydrogen-bond donors (Lipinski definition) is 2. The van der Waals surface area contributed by atoms with Gasteiger partial charge in [0.25, 0.3) is 5.91 Å². The van der Waals surface area contributed by atoms with E-state index in [1.165, 1.54) is 6.20 Å². The summed E-state index contributed by atoms with van der Waals surface area (Å²) in [7, 11) is 0. The van der Waals surface area contributed by atoms with Crippen LogP contribution in [0, 0.1) is 0 Å². The van der Waals surface area contributed by atoms with Gasteiger partial charge in [-0.25, -0.2) is 0 Å². The Bertz CT molecular complexity index is 744. The van der Waals surface area contributed by atoms with Crippen molar-refractivity contribution in [3.05, 3.63) is 66.5 Å². The highest BCUT2D eigenvalue weighted by Gasteiger charge is 2.10. The van der Waals surface area contributed by atoms with Gasteiger partial charge in [0.2, 0.25) is 0 Å². The minimum absolute atomic E-state index is 0.0856. The topological polar surface area (TPSA) is 88.5 Å². The van der Waals surface area contributed by atoms with E-state index < -0.39 is 5.97 Å². The number of aromatic hydroxyl groups is 1. The van der Waals surface area contributed by atoms with Crippen LogP contribution in [-0.2, 0) is 11.2 Å². The van der Waals surface area contributed by atoms with Crippen molar-refractivity contribution in [1.29, 1.82) is 0 Å². The zero-order valence-electron chi connectivity index (χ0n) is 13.8. The molecule has 1 aromatic heterocycles. The van der Waals surface area contributed by atoms with Gasteiger partial charge in [-0.3, -0.25) is 14.6 Å². The van der Waals surface area contributed by atoms with E-state index in [-0.39, 0.29) is 23.8 Å². The van der Waals surface area contributed by atoms with Crippen LogP contribution in [0.25, 0.3) is 0 Å². The van der Waals surface area contributed by atoms with Crippen LogP contribution in [0.2, 0.25) is 0 Å². The van der Waals surface area contributed by atoms with Crippen LogP contribution in [0.1, 0.15) is 28.8 Å². The van der Waals surface area contributed by atoms with E-state index in [1.54, 1.807) is 42.6 Å². The van der Waals surface area contributed by atoms with Gasteiger partial charge in [0.05, 0.1) is 5.56 Å². The quantitative estimate of drug-likeness (QED) is 0.334. The van der Waals surface area contributed by atoms with E-state index in [0.717, 1.165) is 5.56 Å². The first-order chi connectivity index (χ1) is 12.1. The molecular weight excluding hydrogens is 320 g/mol. The summed E-state index contributed by atoms with van der Waals surface area (Å²) in [5.74, 6) is -0.672. The Labute approximate surface area is 146 Å². The molecule has 2 N–H and O–H groups in total. The third-order valence-electron chi connectivity index (χ3n) is 3.39. The average Bonchev–Trinajstić information content (AvgIpc) is 2.62. The molecule has 6 heteroatoms. The smallest absolute Gasteiger partial charge is 0.311 e. The number of nitrogens with one attached hydrogen (secondary N) is 1. The minimum atomic E-state index is -0.470. The number of allylic oxidation sites excluding steroid dienone is 1. The van der Waals surface area contributed by atoms with E-state index in [2.05, 4.69) is 16.9 Å². The molecule has 1 amide bonds. The van der Waals surface area contributed by atoms with Crippen LogP contribution in [0.15, 0.2) is 55.4 Å². The first-order valence-electron chi connectivity index (χ1n) is 7.92. The lowest BCUT2D eigenvalue weighted by Crippen LogP contribution is -2.25. The van der Waals surface area contributed by atoms with Gasteiger partial charge >= 0.3 is 5.97 Å². The number of nitrogens with zero attached hydrogens (tertiary/aromatic N) is 1. The lowest BCUT2D eigenvalue weighted by atomic mass is 10.1. The Hall–Kier alpha value is -3.15. The van der Waals surface area contributed by atoms with Crippen LogP contribution in [-0.4, -0.2) is 28.5 Å². The summed E-state index contributed by atoms with van der Waals surface area (Å²) in [6.07, 6.45) is 5.97. The zero-order chi connectivity index (χ0) is 18.1. The first kappa shape index (κ1) is 18.2. The van der Waals surface area contributed by atoms with Crippen LogP contribution in [0.5, 0.6) is 11.5 Å². The standard InChI is InChI=1S/C19H20N2O4/c1-2-5-14-8-9-17(16(22)12-14)25-18(23)7-4-11-21-19(24)15-6-3-10-20-13-15/h2-3,6,8-10,12-13,22H,1,4-5,7,11H2,(H,21,24). The number of hydrogen-bond acceptors (Lipinski definition) is 5. The third-order valence-corrected chi connectivity index (χ3v) is 3.39. The number of phenolic OH excluding ortho intramolecular Hbond substituents is 1. The number of esters is 1. The SMILES string of the molecule is C=CCc1ccc(OC(=O)CCCNC(=O)c2cccnc2)c(O)c1. The minimum Gasteiger partial charge on any atom is -0.504 e. The molecule has 1 heterocycles. The van der Waals surface area contributed by atoms with Crippen LogP contribution < -0.4 is 10.1 Å². The van der Waals surface area contributed by atoms with Crippen molar-refractivity contribution in [2.75, 3.05) is 6.54 Å². The van der Waals surface area contributed by atoms with Crippen molar-refractivity contribution < 1.29 is 19.4 Å².